The van der Waals surface area contributed by atoms with Gasteiger partial charge < -0.3 is 14.7 Å². The molecule has 0 rings (SSSR count). The second kappa shape index (κ2) is 5.20. The number of ether oxygens (including phenoxy) is 1. The van der Waals surface area contributed by atoms with Crippen LogP contribution in [-0.4, -0.2) is 41.4 Å². The Hall–Kier alpha value is -0.770. The summed E-state index contributed by atoms with van der Waals surface area (Å²) >= 11 is 0. The summed E-state index contributed by atoms with van der Waals surface area (Å²) in [5.74, 6) is 0. The highest BCUT2D eigenvalue weighted by atomic mass is 16.6. The number of aliphatic hydroxyl groups excluding tert-OH is 1. The number of carbonyl (C=O) groups excluding carboxylic acids is 1. The van der Waals surface area contributed by atoms with Gasteiger partial charge in [-0.2, -0.15) is 0 Å². The molecule has 1 amide bonds. The van der Waals surface area contributed by atoms with Gasteiger partial charge >= 0.3 is 6.09 Å². The van der Waals surface area contributed by atoms with Gasteiger partial charge in [0.2, 0.25) is 0 Å². The van der Waals surface area contributed by atoms with Gasteiger partial charge in [-0.1, -0.05) is 0 Å². The zero-order chi connectivity index (χ0) is 11.4. The van der Waals surface area contributed by atoms with Crippen molar-refractivity contribution in [2.24, 2.45) is 0 Å². The lowest BCUT2D eigenvalue weighted by molar-refractivity contribution is 0.0278. The molecule has 0 aromatic rings. The molecule has 0 saturated carbocycles. The van der Waals surface area contributed by atoms with E-state index in [1.807, 2.05) is 20.8 Å². The first-order chi connectivity index (χ1) is 6.22. The highest BCUT2D eigenvalue weighted by Crippen LogP contribution is 2.09. The minimum absolute atomic E-state index is 0.349. The third-order valence-electron chi connectivity index (χ3n) is 1.59. The first-order valence-corrected chi connectivity index (χ1v) is 4.84. The zero-order valence-electron chi connectivity index (χ0n) is 9.70. The monoisotopic (exact) mass is 203 g/mol. The number of aliphatic hydroxyl groups is 1. The Kier molecular flexibility index (Phi) is 4.91. The summed E-state index contributed by atoms with van der Waals surface area (Å²) in [5.41, 5.74) is -0.462. The third-order valence-corrected chi connectivity index (χ3v) is 1.59. The highest BCUT2D eigenvalue weighted by molar-refractivity contribution is 5.67. The van der Waals surface area contributed by atoms with E-state index in [0.29, 0.717) is 13.0 Å². The Labute approximate surface area is 85.9 Å². The Bertz CT molecular complexity index is 184. The van der Waals surface area contributed by atoms with E-state index >= 15 is 0 Å². The van der Waals surface area contributed by atoms with E-state index in [1.54, 1.807) is 14.0 Å². The lowest BCUT2D eigenvalue weighted by atomic mass is 10.2. The van der Waals surface area contributed by atoms with Gasteiger partial charge in [0.1, 0.15) is 5.60 Å². The van der Waals surface area contributed by atoms with Crippen LogP contribution in [0.1, 0.15) is 34.1 Å². The van der Waals surface area contributed by atoms with Crippen molar-refractivity contribution in [2.75, 3.05) is 13.6 Å². The quantitative estimate of drug-likeness (QED) is 0.758. The van der Waals surface area contributed by atoms with Crippen molar-refractivity contribution < 1.29 is 14.6 Å². The first kappa shape index (κ1) is 13.2. The lowest BCUT2D eigenvalue weighted by Gasteiger charge is -2.24. The van der Waals surface area contributed by atoms with Gasteiger partial charge in [0.25, 0.3) is 0 Å². The molecule has 0 spiro atoms. The smallest absolute Gasteiger partial charge is 0.410 e. The predicted octanol–water partition coefficient (Wildman–Crippen LogP) is 1.62. The maximum Gasteiger partial charge on any atom is 0.410 e. The molecule has 0 radical (unpaired) electrons. The van der Waals surface area contributed by atoms with Gasteiger partial charge in [-0.05, 0) is 34.1 Å². The van der Waals surface area contributed by atoms with Crippen molar-refractivity contribution in [3.63, 3.8) is 0 Å². The number of carbonyl (C=O) groups is 1. The van der Waals surface area contributed by atoms with Crippen LogP contribution in [0.2, 0.25) is 0 Å². The maximum absolute atomic E-state index is 11.4. The van der Waals surface area contributed by atoms with Crippen LogP contribution in [-0.2, 0) is 4.74 Å². The molecule has 0 bridgehead atoms. The van der Waals surface area contributed by atoms with Crippen molar-refractivity contribution in [1.29, 1.82) is 0 Å². The minimum Gasteiger partial charge on any atom is -0.444 e. The van der Waals surface area contributed by atoms with Crippen LogP contribution in [0.3, 0.4) is 0 Å². The molecule has 1 N–H and O–H groups in total. The minimum atomic E-state index is -0.462. The van der Waals surface area contributed by atoms with Gasteiger partial charge in [-0.3, -0.25) is 0 Å². The van der Waals surface area contributed by atoms with Gasteiger partial charge in [-0.25, -0.2) is 4.79 Å². The van der Waals surface area contributed by atoms with Crippen LogP contribution in [0.4, 0.5) is 4.79 Å². The number of rotatable bonds is 3. The molecule has 0 aromatic heterocycles. The summed E-state index contributed by atoms with van der Waals surface area (Å²) in [6.45, 7) is 7.68. The SMILES string of the molecule is CC(O)CCN(C)C(=O)OC(C)(C)C. The van der Waals surface area contributed by atoms with E-state index in [1.165, 1.54) is 4.90 Å². The van der Waals surface area contributed by atoms with E-state index in [2.05, 4.69) is 0 Å². The van der Waals surface area contributed by atoms with Crippen LogP contribution in [0.25, 0.3) is 0 Å². The van der Waals surface area contributed by atoms with E-state index in [-0.39, 0.29) is 12.2 Å². The van der Waals surface area contributed by atoms with Crippen molar-refractivity contribution in [2.45, 2.75) is 45.8 Å². The lowest BCUT2D eigenvalue weighted by Crippen LogP contribution is -2.35. The highest BCUT2D eigenvalue weighted by Gasteiger charge is 2.19. The average molecular weight is 203 g/mol. The van der Waals surface area contributed by atoms with Crippen LogP contribution >= 0.6 is 0 Å². The van der Waals surface area contributed by atoms with Crippen LogP contribution in [0, 0.1) is 0 Å². The molecule has 1 unspecified atom stereocenters. The Morgan fingerprint density at radius 1 is 1.50 bits per heavy atom. The number of amides is 1. The fraction of sp³-hybridized carbons (Fsp3) is 0.900. The second-order valence-corrected chi connectivity index (χ2v) is 4.54. The largest absolute Gasteiger partial charge is 0.444 e. The molecule has 0 saturated heterocycles. The van der Waals surface area contributed by atoms with Gasteiger partial charge in [-0.15, -0.1) is 0 Å². The molecule has 0 heterocycles. The Morgan fingerprint density at radius 3 is 2.36 bits per heavy atom. The molecule has 14 heavy (non-hydrogen) atoms. The summed E-state index contributed by atoms with van der Waals surface area (Å²) in [6.07, 6.45) is -0.173. The van der Waals surface area contributed by atoms with Crippen LogP contribution < -0.4 is 0 Å². The van der Waals surface area contributed by atoms with E-state index in [4.69, 9.17) is 9.84 Å². The van der Waals surface area contributed by atoms with Gasteiger partial charge in [0.05, 0.1) is 6.10 Å². The predicted molar refractivity (Wildman–Crippen MR) is 55.2 cm³/mol. The standard InChI is InChI=1S/C10H21NO3/c1-8(12)6-7-11(5)9(13)14-10(2,3)4/h8,12H,6-7H2,1-5H3. The summed E-state index contributed by atoms with van der Waals surface area (Å²) in [7, 11) is 1.66. The molecule has 84 valence electrons. The molecular formula is C10H21NO3. The number of hydrogen-bond donors (Lipinski definition) is 1. The fourth-order valence-electron chi connectivity index (χ4n) is 0.812. The Morgan fingerprint density at radius 2 is 2.00 bits per heavy atom. The molecule has 0 aromatic carbocycles. The van der Waals surface area contributed by atoms with E-state index < -0.39 is 5.60 Å². The average Bonchev–Trinajstić information content (AvgIpc) is 1.96. The summed E-state index contributed by atoms with van der Waals surface area (Å²) in [6, 6.07) is 0. The van der Waals surface area contributed by atoms with E-state index in [0.717, 1.165) is 0 Å². The molecular weight excluding hydrogens is 182 g/mol. The molecule has 0 aliphatic rings. The van der Waals surface area contributed by atoms with Crippen LogP contribution in [0.15, 0.2) is 0 Å². The first-order valence-electron chi connectivity index (χ1n) is 4.84. The van der Waals surface area contributed by atoms with Crippen molar-refractivity contribution >= 4 is 6.09 Å². The Balaban J connectivity index is 3.88. The number of hydrogen-bond acceptors (Lipinski definition) is 3. The number of nitrogens with zero attached hydrogens (tertiary/aromatic N) is 1. The molecule has 0 aliphatic heterocycles. The topological polar surface area (TPSA) is 49.8 Å². The second-order valence-electron chi connectivity index (χ2n) is 4.54. The van der Waals surface area contributed by atoms with E-state index in [9.17, 15) is 4.79 Å². The maximum atomic E-state index is 11.4. The summed E-state index contributed by atoms with van der Waals surface area (Å²) in [5, 5.41) is 9.04. The van der Waals surface area contributed by atoms with Crippen LogP contribution in [0.5, 0.6) is 0 Å². The molecule has 0 fully saturated rings. The van der Waals surface area contributed by atoms with Crippen molar-refractivity contribution in [1.82, 2.24) is 4.90 Å². The third kappa shape index (κ3) is 6.71. The van der Waals surface area contributed by atoms with Gasteiger partial charge in [0.15, 0.2) is 0 Å². The molecule has 4 heteroatoms. The zero-order valence-corrected chi connectivity index (χ0v) is 9.70. The summed E-state index contributed by atoms with van der Waals surface area (Å²) in [4.78, 5) is 12.9. The normalized spacial score (nSPS) is 13.6. The van der Waals surface area contributed by atoms with Gasteiger partial charge in [0, 0.05) is 13.6 Å². The molecule has 0 aliphatic carbocycles. The van der Waals surface area contributed by atoms with Crippen molar-refractivity contribution in [3.05, 3.63) is 0 Å². The fourth-order valence-corrected chi connectivity index (χ4v) is 0.812. The molecule has 4 nitrogen and oxygen atoms in total. The van der Waals surface area contributed by atoms with Crippen molar-refractivity contribution in [3.8, 4) is 0 Å². The summed E-state index contributed by atoms with van der Waals surface area (Å²) < 4.78 is 5.14. The molecule has 1 atom stereocenters.